The third-order valence-corrected chi connectivity index (χ3v) is 6.26. The van der Waals surface area contributed by atoms with Gasteiger partial charge in [0.15, 0.2) is 5.13 Å². The molecule has 1 aliphatic rings. The molecule has 0 saturated carbocycles. The molecule has 0 spiro atoms. The van der Waals surface area contributed by atoms with E-state index in [-0.39, 0.29) is 5.91 Å². The highest BCUT2D eigenvalue weighted by Gasteiger charge is 2.21. The maximum Gasteiger partial charge on any atom is 0.267 e. The zero-order chi connectivity index (χ0) is 15.1. The highest BCUT2D eigenvalue weighted by atomic mass is 79.9. The molecule has 0 fully saturated rings. The highest BCUT2D eigenvalue weighted by molar-refractivity contribution is 9.11. The summed E-state index contributed by atoms with van der Waals surface area (Å²) in [7, 11) is 0. The number of fused-ring (bicyclic) bond motifs is 3. The molecule has 1 amide bonds. The second-order valence-corrected chi connectivity index (χ2v) is 8.55. The molecule has 0 bridgehead atoms. The lowest BCUT2D eigenvalue weighted by Crippen LogP contribution is -2.09. The van der Waals surface area contributed by atoms with Gasteiger partial charge < -0.3 is 0 Å². The maximum atomic E-state index is 12.2. The van der Waals surface area contributed by atoms with E-state index < -0.39 is 0 Å². The Hall–Kier alpha value is -1.50. The van der Waals surface area contributed by atoms with E-state index in [1.165, 1.54) is 27.3 Å². The van der Waals surface area contributed by atoms with E-state index in [4.69, 9.17) is 0 Å². The van der Waals surface area contributed by atoms with Crippen molar-refractivity contribution in [2.75, 3.05) is 5.32 Å². The standard InChI is InChI=1S/C16H11BrN2OS2/c17-13-8-7-12(21-13)15(20)19-16-18-14-10-4-2-1-3-9(10)5-6-11(14)22-16/h1-4,7-8H,5-6H2,(H,18,19,20). The smallest absolute Gasteiger partial charge is 0.267 e. The number of rotatable bonds is 2. The number of hydrogen-bond acceptors (Lipinski definition) is 4. The Balaban J connectivity index is 1.64. The summed E-state index contributed by atoms with van der Waals surface area (Å²) >= 11 is 6.37. The minimum absolute atomic E-state index is 0.102. The van der Waals surface area contributed by atoms with Crippen LogP contribution in [0.5, 0.6) is 0 Å². The van der Waals surface area contributed by atoms with Gasteiger partial charge >= 0.3 is 0 Å². The predicted molar refractivity (Wildman–Crippen MR) is 94.9 cm³/mol. The van der Waals surface area contributed by atoms with Crippen LogP contribution in [0.1, 0.15) is 20.1 Å². The molecule has 110 valence electrons. The van der Waals surface area contributed by atoms with Gasteiger partial charge in [-0.15, -0.1) is 22.7 Å². The van der Waals surface area contributed by atoms with Gasteiger partial charge in [0.1, 0.15) is 0 Å². The molecule has 0 saturated heterocycles. The number of aromatic nitrogens is 1. The summed E-state index contributed by atoms with van der Waals surface area (Å²) in [4.78, 5) is 18.8. The summed E-state index contributed by atoms with van der Waals surface area (Å²) in [6.45, 7) is 0. The number of carbonyl (C=O) groups is 1. The molecule has 1 aromatic carbocycles. The van der Waals surface area contributed by atoms with E-state index in [1.807, 2.05) is 18.2 Å². The maximum absolute atomic E-state index is 12.2. The second-order valence-electron chi connectivity index (χ2n) is 5.01. The summed E-state index contributed by atoms with van der Waals surface area (Å²) in [5, 5.41) is 3.59. The van der Waals surface area contributed by atoms with Crippen LogP contribution in [0, 0.1) is 0 Å². The van der Waals surface area contributed by atoms with Crippen LogP contribution in [0.4, 0.5) is 5.13 Å². The molecule has 2 heterocycles. The largest absolute Gasteiger partial charge is 0.297 e. The molecule has 3 aromatic rings. The van der Waals surface area contributed by atoms with Crippen molar-refractivity contribution >= 4 is 49.6 Å². The van der Waals surface area contributed by atoms with Crippen LogP contribution in [-0.2, 0) is 12.8 Å². The van der Waals surface area contributed by atoms with Gasteiger partial charge in [-0.2, -0.15) is 0 Å². The van der Waals surface area contributed by atoms with Crippen molar-refractivity contribution < 1.29 is 4.79 Å². The molecular weight excluding hydrogens is 380 g/mol. The van der Waals surface area contributed by atoms with E-state index >= 15 is 0 Å². The average molecular weight is 391 g/mol. The minimum Gasteiger partial charge on any atom is -0.297 e. The van der Waals surface area contributed by atoms with Crippen molar-refractivity contribution in [2.24, 2.45) is 0 Å². The molecule has 0 unspecified atom stereocenters. The fourth-order valence-electron chi connectivity index (χ4n) is 2.60. The van der Waals surface area contributed by atoms with Gasteiger partial charge in [0.2, 0.25) is 0 Å². The number of hydrogen-bond donors (Lipinski definition) is 1. The molecule has 4 rings (SSSR count). The fraction of sp³-hybridized carbons (Fsp3) is 0.125. The second kappa shape index (κ2) is 5.61. The molecule has 3 nitrogen and oxygen atoms in total. The number of nitrogens with one attached hydrogen (secondary N) is 1. The van der Waals surface area contributed by atoms with Crippen LogP contribution in [0.2, 0.25) is 0 Å². The van der Waals surface area contributed by atoms with Gasteiger partial charge in [0, 0.05) is 10.4 Å². The third kappa shape index (κ3) is 2.51. The van der Waals surface area contributed by atoms with Crippen molar-refractivity contribution in [2.45, 2.75) is 12.8 Å². The zero-order valence-electron chi connectivity index (χ0n) is 11.4. The topological polar surface area (TPSA) is 42.0 Å². The van der Waals surface area contributed by atoms with Crippen LogP contribution in [0.15, 0.2) is 40.2 Å². The van der Waals surface area contributed by atoms with Gasteiger partial charge in [0.25, 0.3) is 5.91 Å². The molecule has 22 heavy (non-hydrogen) atoms. The number of halogens is 1. The SMILES string of the molecule is O=C(Nc1nc2c(s1)CCc1ccccc1-2)c1ccc(Br)s1. The first-order valence-corrected chi connectivity index (χ1v) is 9.28. The van der Waals surface area contributed by atoms with Crippen LogP contribution in [-0.4, -0.2) is 10.9 Å². The number of nitrogens with zero attached hydrogens (tertiary/aromatic N) is 1. The van der Waals surface area contributed by atoms with Crippen molar-refractivity contribution in [1.29, 1.82) is 0 Å². The Morgan fingerprint density at radius 3 is 2.82 bits per heavy atom. The first kappa shape index (κ1) is 14.1. The van der Waals surface area contributed by atoms with E-state index in [0.717, 1.165) is 22.3 Å². The first-order valence-electron chi connectivity index (χ1n) is 6.85. The summed E-state index contributed by atoms with van der Waals surface area (Å²) < 4.78 is 0.949. The Morgan fingerprint density at radius 2 is 2.00 bits per heavy atom. The summed E-state index contributed by atoms with van der Waals surface area (Å²) in [6, 6.07) is 12.0. The van der Waals surface area contributed by atoms with Crippen molar-refractivity contribution in [3.63, 3.8) is 0 Å². The van der Waals surface area contributed by atoms with Crippen LogP contribution >= 0.6 is 38.6 Å². The molecular formula is C16H11BrN2OS2. The number of thiazole rings is 1. The lowest BCUT2D eigenvalue weighted by molar-refractivity contribution is 0.103. The van der Waals surface area contributed by atoms with E-state index in [2.05, 4.69) is 44.4 Å². The number of aryl methyl sites for hydroxylation is 2. The van der Waals surface area contributed by atoms with Crippen molar-refractivity contribution in [3.05, 3.63) is 55.5 Å². The Bertz CT molecular complexity index is 869. The van der Waals surface area contributed by atoms with Gasteiger partial charge in [-0.1, -0.05) is 24.3 Å². The number of thiophene rings is 1. The average Bonchev–Trinajstić information content (AvgIpc) is 3.13. The highest BCUT2D eigenvalue weighted by Crippen LogP contribution is 2.38. The lowest BCUT2D eigenvalue weighted by atomic mass is 9.94. The van der Waals surface area contributed by atoms with Gasteiger partial charge in [-0.3, -0.25) is 10.1 Å². The number of anilines is 1. The molecule has 1 N–H and O–H groups in total. The normalized spacial score (nSPS) is 12.6. The zero-order valence-corrected chi connectivity index (χ0v) is 14.6. The lowest BCUT2D eigenvalue weighted by Gasteiger charge is -2.13. The Kier molecular flexibility index (Phi) is 3.60. The van der Waals surface area contributed by atoms with E-state index in [0.29, 0.717) is 10.0 Å². The monoisotopic (exact) mass is 390 g/mol. The fourth-order valence-corrected chi connectivity index (χ4v) is 4.85. The Morgan fingerprint density at radius 1 is 1.14 bits per heavy atom. The van der Waals surface area contributed by atoms with E-state index in [9.17, 15) is 4.79 Å². The minimum atomic E-state index is -0.102. The van der Waals surface area contributed by atoms with Gasteiger partial charge in [-0.05, 0) is 46.5 Å². The van der Waals surface area contributed by atoms with Crippen LogP contribution in [0.3, 0.4) is 0 Å². The Labute approximate surface area is 144 Å². The predicted octanol–water partition coefficient (Wildman–Crippen LogP) is 4.99. The first-order chi connectivity index (χ1) is 10.7. The van der Waals surface area contributed by atoms with Crippen LogP contribution in [0.25, 0.3) is 11.3 Å². The molecule has 0 atom stereocenters. The molecule has 6 heteroatoms. The van der Waals surface area contributed by atoms with Gasteiger partial charge in [-0.25, -0.2) is 4.98 Å². The van der Waals surface area contributed by atoms with Gasteiger partial charge in [0.05, 0.1) is 14.4 Å². The summed E-state index contributed by atoms with van der Waals surface area (Å²) in [6.07, 6.45) is 2.03. The number of amides is 1. The molecule has 0 radical (unpaired) electrons. The third-order valence-electron chi connectivity index (χ3n) is 3.61. The number of carbonyl (C=O) groups excluding carboxylic acids is 1. The number of benzene rings is 1. The summed E-state index contributed by atoms with van der Waals surface area (Å²) in [5.74, 6) is -0.102. The molecule has 1 aliphatic carbocycles. The van der Waals surface area contributed by atoms with Crippen LogP contribution < -0.4 is 5.32 Å². The molecule has 0 aliphatic heterocycles. The summed E-state index contributed by atoms with van der Waals surface area (Å²) in [5.41, 5.74) is 3.55. The van der Waals surface area contributed by atoms with Crippen molar-refractivity contribution in [3.8, 4) is 11.3 Å². The quantitative estimate of drug-likeness (QED) is 0.669. The van der Waals surface area contributed by atoms with E-state index in [1.54, 1.807) is 11.3 Å². The van der Waals surface area contributed by atoms with Crippen molar-refractivity contribution in [1.82, 2.24) is 4.98 Å². The molecule has 2 aromatic heterocycles.